The molecule has 1 saturated carbocycles. The normalized spacial score (nSPS) is 33.5. The lowest BCUT2D eigenvalue weighted by atomic mass is 9.77. The minimum atomic E-state index is -0.497. The zero-order chi connectivity index (χ0) is 14.8. The monoisotopic (exact) mass is 282 g/mol. The Morgan fingerprint density at radius 2 is 1.95 bits per heavy atom. The molecule has 5 nitrogen and oxygen atoms in total. The van der Waals surface area contributed by atoms with Crippen LogP contribution in [0.2, 0.25) is 0 Å². The van der Waals surface area contributed by atoms with Gasteiger partial charge in [0.2, 0.25) is 5.91 Å². The summed E-state index contributed by atoms with van der Waals surface area (Å²) >= 11 is 0. The predicted molar refractivity (Wildman–Crippen MR) is 81.5 cm³/mol. The van der Waals surface area contributed by atoms with E-state index >= 15 is 0 Å². The number of likely N-dealkylation sites (tertiary alicyclic amines) is 1. The van der Waals surface area contributed by atoms with E-state index in [9.17, 15) is 4.79 Å². The Morgan fingerprint density at radius 1 is 1.30 bits per heavy atom. The van der Waals surface area contributed by atoms with Gasteiger partial charge < -0.3 is 20.9 Å². The van der Waals surface area contributed by atoms with Crippen molar-refractivity contribution in [2.75, 3.05) is 34.2 Å². The van der Waals surface area contributed by atoms with E-state index < -0.39 is 5.54 Å². The second kappa shape index (κ2) is 6.41. The summed E-state index contributed by atoms with van der Waals surface area (Å²) in [7, 11) is 6.28. The first-order chi connectivity index (χ1) is 9.48. The summed E-state index contributed by atoms with van der Waals surface area (Å²) < 4.78 is 0. The van der Waals surface area contributed by atoms with Gasteiger partial charge in [-0.25, -0.2) is 0 Å². The quantitative estimate of drug-likeness (QED) is 0.783. The van der Waals surface area contributed by atoms with E-state index in [2.05, 4.69) is 29.2 Å². The van der Waals surface area contributed by atoms with Crippen molar-refractivity contribution in [3.8, 4) is 0 Å². The first-order valence-corrected chi connectivity index (χ1v) is 7.88. The topological polar surface area (TPSA) is 61.6 Å². The van der Waals surface area contributed by atoms with Crippen LogP contribution in [0.25, 0.3) is 0 Å². The van der Waals surface area contributed by atoms with Crippen LogP contribution in [-0.2, 0) is 4.79 Å². The summed E-state index contributed by atoms with van der Waals surface area (Å²) in [6.07, 6.45) is 6.43. The van der Waals surface area contributed by atoms with Gasteiger partial charge >= 0.3 is 0 Å². The highest BCUT2D eigenvalue weighted by Gasteiger charge is 2.42. The summed E-state index contributed by atoms with van der Waals surface area (Å²) in [6, 6.07) is 1.12. The number of nitrogens with zero attached hydrogens (tertiary/aromatic N) is 2. The largest absolute Gasteiger partial charge is 0.368 e. The Kier molecular flexibility index (Phi) is 5.04. The zero-order valence-electron chi connectivity index (χ0n) is 13.2. The van der Waals surface area contributed by atoms with Crippen LogP contribution in [0.4, 0.5) is 0 Å². The standard InChI is InChI=1S/C15H30N4O/c1-17-15(14(16)20)8-4-5-13(11-15)19(3)12-6-9-18(2)10-7-12/h12-13,17H,4-11H2,1-3H3,(H2,16,20). The molecule has 1 aliphatic carbocycles. The molecule has 1 saturated heterocycles. The van der Waals surface area contributed by atoms with Crippen molar-refractivity contribution < 1.29 is 4.79 Å². The van der Waals surface area contributed by atoms with Crippen LogP contribution in [-0.4, -0.2) is 67.6 Å². The number of nitrogens with two attached hydrogens (primary N) is 1. The third-order valence-electron chi connectivity index (χ3n) is 5.52. The smallest absolute Gasteiger partial charge is 0.237 e. The van der Waals surface area contributed by atoms with Crippen LogP contribution >= 0.6 is 0 Å². The van der Waals surface area contributed by atoms with Crippen molar-refractivity contribution in [1.82, 2.24) is 15.1 Å². The SMILES string of the molecule is CNC1(C(N)=O)CCCC(N(C)C2CCN(C)CC2)C1. The lowest BCUT2D eigenvalue weighted by Gasteiger charge is -2.45. The summed E-state index contributed by atoms with van der Waals surface area (Å²) in [4.78, 5) is 16.7. The number of carbonyl (C=O) groups excluding carboxylic acids is 1. The molecule has 2 fully saturated rings. The molecule has 0 aromatic heterocycles. The van der Waals surface area contributed by atoms with Crippen LogP contribution in [0.3, 0.4) is 0 Å². The first kappa shape index (κ1) is 15.7. The minimum absolute atomic E-state index is 0.193. The Labute approximate surface area is 122 Å². The molecule has 116 valence electrons. The molecule has 3 N–H and O–H groups in total. The van der Waals surface area contributed by atoms with Gasteiger partial charge in [-0.05, 0) is 72.8 Å². The molecular formula is C15H30N4O. The molecular weight excluding hydrogens is 252 g/mol. The van der Waals surface area contributed by atoms with E-state index in [0.29, 0.717) is 12.1 Å². The highest BCUT2D eigenvalue weighted by Crippen LogP contribution is 2.32. The van der Waals surface area contributed by atoms with Gasteiger partial charge in [0, 0.05) is 12.1 Å². The van der Waals surface area contributed by atoms with E-state index in [4.69, 9.17) is 5.73 Å². The molecule has 0 bridgehead atoms. The second-order valence-corrected chi connectivity index (χ2v) is 6.65. The minimum Gasteiger partial charge on any atom is -0.368 e. The summed E-state index contributed by atoms with van der Waals surface area (Å²) in [5, 5.41) is 3.20. The van der Waals surface area contributed by atoms with Gasteiger partial charge in [0.05, 0.1) is 5.54 Å². The molecule has 0 radical (unpaired) electrons. The lowest BCUT2D eigenvalue weighted by molar-refractivity contribution is -0.126. The van der Waals surface area contributed by atoms with Gasteiger partial charge in [0.15, 0.2) is 0 Å². The summed E-state index contributed by atoms with van der Waals surface area (Å²) in [5.74, 6) is -0.193. The molecule has 2 atom stereocenters. The fourth-order valence-corrected chi connectivity index (χ4v) is 3.87. The van der Waals surface area contributed by atoms with Crippen molar-refractivity contribution in [3.63, 3.8) is 0 Å². The van der Waals surface area contributed by atoms with Gasteiger partial charge in [0.1, 0.15) is 0 Å². The fraction of sp³-hybridized carbons (Fsp3) is 0.933. The Morgan fingerprint density at radius 3 is 2.50 bits per heavy atom. The van der Waals surface area contributed by atoms with Gasteiger partial charge in [-0.3, -0.25) is 4.79 Å². The number of amides is 1. The molecule has 2 aliphatic rings. The third-order valence-corrected chi connectivity index (χ3v) is 5.52. The number of piperidine rings is 1. The van der Waals surface area contributed by atoms with Crippen molar-refractivity contribution in [1.29, 1.82) is 0 Å². The number of rotatable bonds is 4. The number of hydrogen-bond acceptors (Lipinski definition) is 4. The van der Waals surface area contributed by atoms with Crippen molar-refractivity contribution >= 4 is 5.91 Å². The molecule has 1 aliphatic heterocycles. The fourth-order valence-electron chi connectivity index (χ4n) is 3.87. The van der Waals surface area contributed by atoms with Gasteiger partial charge in [-0.2, -0.15) is 0 Å². The van der Waals surface area contributed by atoms with E-state index in [1.54, 1.807) is 0 Å². The average Bonchev–Trinajstić information content (AvgIpc) is 2.47. The molecule has 2 unspecified atom stereocenters. The molecule has 0 spiro atoms. The van der Waals surface area contributed by atoms with Crippen LogP contribution in [0.1, 0.15) is 38.5 Å². The van der Waals surface area contributed by atoms with Crippen molar-refractivity contribution in [2.24, 2.45) is 5.73 Å². The van der Waals surface area contributed by atoms with Gasteiger partial charge in [0.25, 0.3) is 0 Å². The van der Waals surface area contributed by atoms with Crippen LogP contribution in [0.5, 0.6) is 0 Å². The maximum Gasteiger partial charge on any atom is 0.237 e. The molecule has 5 heteroatoms. The highest BCUT2D eigenvalue weighted by molar-refractivity contribution is 5.84. The second-order valence-electron chi connectivity index (χ2n) is 6.65. The summed E-state index contributed by atoms with van der Waals surface area (Å²) in [6.45, 7) is 2.35. The van der Waals surface area contributed by atoms with Gasteiger partial charge in [-0.1, -0.05) is 0 Å². The number of likely N-dealkylation sites (N-methyl/N-ethyl adjacent to an activating group) is 1. The first-order valence-electron chi connectivity index (χ1n) is 7.88. The zero-order valence-corrected chi connectivity index (χ0v) is 13.2. The van der Waals surface area contributed by atoms with E-state index in [-0.39, 0.29) is 5.91 Å². The average molecular weight is 282 g/mol. The van der Waals surface area contributed by atoms with Crippen molar-refractivity contribution in [3.05, 3.63) is 0 Å². The molecule has 2 rings (SSSR count). The number of hydrogen-bond donors (Lipinski definition) is 2. The summed E-state index contributed by atoms with van der Waals surface area (Å²) in [5.41, 5.74) is 5.15. The maximum atomic E-state index is 11.8. The molecule has 0 aromatic carbocycles. The molecule has 20 heavy (non-hydrogen) atoms. The number of nitrogens with one attached hydrogen (secondary N) is 1. The van der Waals surface area contributed by atoms with Crippen molar-refractivity contribution in [2.45, 2.75) is 56.1 Å². The number of primary amides is 1. The Balaban J connectivity index is 1.99. The highest BCUT2D eigenvalue weighted by atomic mass is 16.1. The third kappa shape index (κ3) is 3.15. The number of carbonyl (C=O) groups is 1. The van der Waals surface area contributed by atoms with Crippen LogP contribution < -0.4 is 11.1 Å². The lowest BCUT2D eigenvalue weighted by Crippen LogP contribution is -2.60. The van der Waals surface area contributed by atoms with Gasteiger partial charge in [-0.15, -0.1) is 0 Å². The molecule has 1 amide bonds. The van der Waals surface area contributed by atoms with Crippen LogP contribution in [0, 0.1) is 0 Å². The van der Waals surface area contributed by atoms with E-state index in [0.717, 1.165) is 19.3 Å². The molecule has 1 heterocycles. The Bertz CT molecular complexity index is 341. The van der Waals surface area contributed by atoms with E-state index in [1.165, 1.54) is 32.4 Å². The van der Waals surface area contributed by atoms with Crippen LogP contribution in [0.15, 0.2) is 0 Å². The maximum absolute atomic E-state index is 11.8. The van der Waals surface area contributed by atoms with E-state index in [1.807, 2.05) is 7.05 Å². The molecule has 0 aromatic rings. The predicted octanol–water partition coefficient (Wildman–Crippen LogP) is 0.399. The Hall–Kier alpha value is -0.650.